The highest BCUT2D eigenvalue weighted by Gasteiger charge is 2.31. The summed E-state index contributed by atoms with van der Waals surface area (Å²) in [5, 5.41) is 0. The van der Waals surface area contributed by atoms with E-state index in [1.165, 1.54) is 45.4 Å². The van der Waals surface area contributed by atoms with Gasteiger partial charge in [0.25, 0.3) is 11.7 Å². The van der Waals surface area contributed by atoms with Gasteiger partial charge in [-0.05, 0) is 67.6 Å². The van der Waals surface area contributed by atoms with Crippen LogP contribution in [0.5, 0.6) is 23.0 Å². The maximum absolute atomic E-state index is 13.5. The van der Waals surface area contributed by atoms with Gasteiger partial charge in [0, 0.05) is 31.0 Å². The van der Waals surface area contributed by atoms with E-state index in [9.17, 15) is 18.0 Å². The maximum atomic E-state index is 13.5. The fourth-order valence-corrected chi connectivity index (χ4v) is 6.23. The van der Waals surface area contributed by atoms with Crippen molar-refractivity contribution in [3.8, 4) is 23.0 Å². The van der Waals surface area contributed by atoms with Crippen LogP contribution in [0.4, 0.5) is 0 Å². The van der Waals surface area contributed by atoms with Gasteiger partial charge in [-0.1, -0.05) is 18.2 Å². The van der Waals surface area contributed by atoms with Gasteiger partial charge in [-0.3, -0.25) is 14.6 Å². The van der Waals surface area contributed by atoms with Crippen LogP contribution in [0.25, 0.3) is 0 Å². The molecule has 0 spiro atoms. The predicted molar refractivity (Wildman–Crippen MR) is 160 cm³/mol. The lowest BCUT2D eigenvalue weighted by molar-refractivity contribution is -0.126. The van der Waals surface area contributed by atoms with Crippen molar-refractivity contribution in [3.05, 3.63) is 77.6 Å². The van der Waals surface area contributed by atoms with Gasteiger partial charge in [0.1, 0.15) is 5.75 Å². The van der Waals surface area contributed by atoms with E-state index in [2.05, 4.69) is 4.98 Å². The van der Waals surface area contributed by atoms with Crippen molar-refractivity contribution in [2.24, 2.45) is 0 Å². The minimum absolute atomic E-state index is 0.0282. The molecule has 0 unspecified atom stereocenters. The maximum Gasteiger partial charge on any atom is 0.294 e. The lowest BCUT2D eigenvalue weighted by atomic mass is 10.0. The van der Waals surface area contributed by atoms with Crippen molar-refractivity contribution in [1.29, 1.82) is 0 Å². The first kappa shape index (κ1) is 32.4. The first-order valence-electron chi connectivity index (χ1n) is 13.5. The summed E-state index contributed by atoms with van der Waals surface area (Å²) in [4.78, 5) is 32.1. The van der Waals surface area contributed by atoms with Crippen LogP contribution in [-0.2, 0) is 27.5 Å². The monoisotopic (exact) mass is 598 g/mol. The number of methoxy groups -OCH3 is 3. The van der Waals surface area contributed by atoms with E-state index in [1.54, 1.807) is 24.5 Å². The fourth-order valence-electron chi connectivity index (χ4n) is 4.55. The molecule has 1 amide bonds. The number of ketones is 1. The van der Waals surface area contributed by atoms with Gasteiger partial charge in [0.15, 0.2) is 21.3 Å². The number of hydrogen-bond acceptors (Lipinski definition) is 9. The third-order valence-electron chi connectivity index (χ3n) is 6.78. The molecule has 3 aromatic rings. The molecule has 0 N–H and O–H groups in total. The second-order valence-electron chi connectivity index (χ2n) is 9.67. The van der Waals surface area contributed by atoms with Crippen LogP contribution in [0.15, 0.2) is 60.9 Å². The average molecular weight is 599 g/mol. The summed E-state index contributed by atoms with van der Waals surface area (Å²) < 4.78 is 48.0. The number of carbonyl (C=O) groups is 2. The fraction of sp³-hybridized carbons (Fsp3) is 0.387. The summed E-state index contributed by atoms with van der Waals surface area (Å²) in [7, 11) is 2.10. The number of aromatic nitrogens is 1. The molecule has 0 saturated heterocycles. The number of aryl methyl sites for hydroxylation is 1. The van der Waals surface area contributed by atoms with Crippen molar-refractivity contribution in [2.75, 3.05) is 46.5 Å². The summed E-state index contributed by atoms with van der Waals surface area (Å²) in [6.07, 6.45) is 4.57. The lowest BCUT2D eigenvalue weighted by Gasteiger charge is -2.28. The standard InChI is InChI=1S/C31H38N2O8S/c1-6-41-26-13-11-22(12-14-26)17-25(21-42(36,37)16-8-10-23-9-7-15-32-20-23)33(2)31(35)29(34)24-18-27(38-3)30(40-5)28(19-24)39-4/h7,9,11-15,18-20,25H,6,8,10,16-17,21H2,1-5H3/t25-/m0/s1. The molecule has 1 heterocycles. The van der Waals surface area contributed by atoms with E-state index in [0.29, 0.717) is 25.2 Å². The molecule has 0 saturated carbocycles. The molecule has 2 aromatic carbocycles. The Morgan fingerprint density at radius 1 is 0.952 bits per heavy atom. The predicted octanol–water partition coefficient (Wildman–Crippen LogP) is 3.81. The summed E-state index contributed by atoms with van der Waals surface area (Å²) in [5.41, 5.74) is 1.77. The van der Waals surface area contributed by atoms with Crippen molar-refractivity contribution in [1.82, 2.24) is 9.88 Å². The number of sulfone groups is 1. The highest BCUT2D eigenvalue weighted by atomic mass is 32.2. The van der Waals surface area contributed by atoms with Crippen LogP contribution in [-0.4, -0.2) is 82.5 Å². The molecule has 42 heavy (non-hydrogen) atoms. The number of amides is 1. The van der Waals surface area contributed by atoms with Crippen molar-refractivity contribution < 1.29 is 37.0 Å². The Bertz CT molecular complexity index is 1420. The van der Waals surface area contributed by atoms with Crippen LogP contribution >= 0.6 is 0 Å². The number of benzene rings is 2. The van der Waals surface area contributed by atoms with Crippen LogP contribution < -0.4 is 18.9 Å². The van der Waals surface area contributed by atoms with Gasteiger partial charge in [0.2, 0.25) is 5.75 Å². The molecule has 1 atom stereocenters. The highest BCUT2D eigenvalue weighted by Crippen LogP contribution is 2.38. The highest BCUT2D eigenvalue weighted by molar-refractivity contribution is 7.91. The van der Waals surface area contributed by atoms with E-state index >= 15 is 0 Å². The van der Waals surface area contributed by atoms with E-state index in [-0.39, 0.29) is 40.7 Å². The van der Waals surface area contributed by atoms with E-state index in [1.807, 2.05) is 31.2 Å². The summed E-state index contributed by atoms with van der Waals surface area (Å²) in [6, 6.07) is 12.9. The number of carbonyl (C=O) groups excluding carboxylic acids is 2. The Balaban J connectivity index is 1.85. The Morgan fingerprint density at radius 3 is 2.17 bits per heavy atom. The summed E-state index contributed by atoms with van der Waals surface area (Å²) in [5.74, 6) is -0.655. The number of likely N-dealkylation sites (N-methyl/N-ethyl adjacent to an activating group) is 1. The Kier molecular flexibility index (Phi) is 11.7. The minimum Gasteiger partial charge on any atom is -0.494 e. The molecule has 0 aliphatic carbocycles. The molecular formula is C31H38N2O8S. The van der Waals surface area contributed by atoms with Crippen molar-refractivity contribution >= 4 is 21.5 Å². The largest absolute Gasteiger partial charge is 0.494 e. The van der Waals surface area contributed by atoms with Gasteiger partial charge >= 0.3 is 0 Å². The van der Waals surface area contributed by atoms with Gasteiger partial charge in [-0.2, -0.15) is 0 Å². The Labute approximate surface area is 247 Å². The first-order valence-corrected chi connectivity index (χ1v) is 15.4. The van der Waals surface area contributed by atoms with Gasteiger partial charge in [0.05, 0.1) is 39.4 Å². The second-order valence-corrected chi connectivity index (χ2v) is 11.9. The summed E-state index contributed by atoms with van der Waals surface area (Å²) in [6.45, 7) is 2.40. The van der Waals surface area contributed by atoms with E-state index in [4.69, 9.17) is 18.9 Å². The molecule has 0 bridgehead atoms. The van der Waals surface area contributed by atoms with Crippen LogP contribution in [0, 0.1) is 0 Å². The van der Waals surface area contributed by atoms with Crippen LogP contribution in [0.2, 0.25) is 0 Å². The molecule has 10 nitrogen and oxygen atoms in total. The SMILES string of the molecule is CCOc1ccc(C[C@@H](CS(=O)(=O)CCCc2cccnc2)N(C)C(=O)C(=O)c2cc(OC)c(OC)c(OC)c2)cc1. The molecular weight excluding hydrogens is 560 g/mol. The number of Topliss-reactive ketones (excluding diaryl/α,β-unsaturated/α-hetero) is 1. The van der Waals surface area contributed by atoms with Crippen molar-refractivity contribution in [2.45, 2.75) is 32.2 Å². The molecule has 226 valence electrons. The molecule has 0 fully saturated rings. The topological polar surface area (TPSA) is 121 Å². The first-order chi connectivity index (χ1) is 20.1. The lowest BCUT2D eigenvalue weighted by Crippen LogP contribution is -2.46. The number of pyridine rings is 1. The Morgan fingerprint density at radius 2 is 1.62 bits per heavy atom. The minimum atomic E-state index is -3.59. The van der Waals surface area contributed by atoms with Gasteiger partial charge in [-0.15, -0.1) is 0 Å². The number of rotatable bonds is 16. The van der Waals surface area contributed by atoms with Crippen LogP contribution in [0.3, 0.4) is 0 Å². The normalized spacial score (nSPS) is 11.8. The third-order valence-corrected chi connectivity index (χ3v) is 8.59. The third kappa shape index (κ3) is 8.69. The van der Waals surface area contributed by atoms with Gasteiger partial charge < -0.3 is 23.8 Å². The molecule has 3 rings (SSSR count). The Hall–Kier alpha value is -4.12. The van der Waals surface area contributed by atoms with E-state index < -0.39 is 27.6 Å². The molecule has 11 heteroatoms. The average Bonchev–Trinajstić information content (AvgIpc) is 3.00. The molecule has 0 aliphatic rings. The zero-order valence-electron chi connectivity index (χ0n) is 24.7. The second kappa shape index (κ2) is 15.2. The molecule has 0 radical (unpaired) electrons. The smallest absolute Gasteiger partial charge is 0.294 e. The van der Waals surface area contributed by atoms with Crippen molar-refractivity contribution in [3.63, 3.8) is 0 Å². The molecule has 0 aliphatic heterocycles. The number of ether oxygens (including phenoxy) is 4. The summed E-state index contributed by atoms with van der Waals surface area (Å²) >= 11 is 0. The number of hydrogen-bond donors (Lipinski definition) is 0. The zero-order chi connectivity index (χ0) is 30.7. The quantitative estimate of drug-likeness (QED) is 0.179. The molecule has 1 aromatic heterocycles. The zero-order valence-corrected chi connectivity index (χ0v) is 25.5. The van der Waals surface area contributed by atoms with Crippen LogP contribution in [0.1, 0.15) is 34.8 Å². The van der Waals surface area contributed by atoms with E-state index in [0.717, 1.165) is 11.1 Å². The van der Waals surface area contributed by atoms with Gasteiger partial charge in [-0.25, -0.2) is 8.42 Å². The number of nitrogens with zero attached hydrogens (tertiary/aromatic N) is 2.